The summed E-state index contributed by atoms with van der Waals surface area (Å²) in [5.74, 6) is -1.42. The average molecular weight is 287 g/mol. The van der Waals surface area contributed by atoms with E-state index < -0.39 is 5.92 Å². The molecule has 2 aromatic rings. The molecule has 0 aliphatic heterocycles. The Morgan fingerprint density at radius 1 is 1.38 bits per heavy atom. The zero-order valence-electron chi connectivity index (χ0n) is 11.8. The summed E-state index contributed by atoms with van der Waals surface area (Å²) in [4.78, 5) is 12.5. The molecule has 0 saturated heterocycles. The monoisotopic (exact) mass is 287 g/mol. The maximum atomic E-state index is 12.5. The first-order valence-corrected chi connectivity index (χ1v) is 6.39. The highest BCUT2D eigenvalue weighted by atomic mass is 16.4. The molecule has 1 aromatic carbocycles. The number of carbonyl (C=O) groups is 1. The molecule has 7 heteroatoms. The van der Waals surface area contributed by atoms with E-state index >= 15 is 0 Å². The van der Waals surface area contributed by atoms with E-state index in [9.17, 15) is 4.79 Å². The molecular formula is C14H17N5O2. The van der Waals surface area contributed by atoms with E-state index in [0.717, 1.165) is 5.69 Å². The minimum atomic E-state index is -0.870. The number of nitrogens with two attached hydrogens (primary N) is 1. The van der Waals surface area contributed by atoms with Crippen molar-refractivity contribution in [2.24, 2.45) is 10.9 Å². The van der Waals surface area contributed by atoms with Crippen LogP contribution in [0, 0.1) is 13.8 Å². The van der Waals surface area contributed by atoms with Gasteiger partial charge in [0.15, 0.2) is 5.84 Å². The topological polar surface area (TPSA) is 116 Å². The van der Waals surface area contributed by atoms with Gasteiger partial charge in [0.25, 0.3) is 0 Å². The summed E-state index contributed by atoms with van der Waals surface area (Å²) < 4.78 is 0. The van der Waals surface area contributed by atoms with E-state index in [1.54, 1.807) is 38.1 Å². The van der Waals surface area contributed by atoms with Crippen molar-refractivity contribution in [1.82, 2.24) is 10.2 Å². The molecule has 110 valence electrons. The summed E-state index contributed by atoms with van der Waals surface area (Å²) in [5.41, 5.74) is 8.33. The third-order valence-corrected chi connectivity index (χ3v) is 3.18. The van der Waals surface area contributed by atoms with E-state index in [4.69, 9.17) is 10.9 Å². The molecule has 0 aliphatic carbocycles. The molecule has 1 atom stereocenters. The molecule has 0 radical (unpaired) electrons. The molecule has 0 aliphatic rings. The first kappa shape index (κ1) is 14.6. The predicted molar refractivity (Wildman–Crippen MR) is 79.3 cm³/mol. The quantitative estimate of drug-likeness (QED) is 0.295. The van der Waals surface area contributed by atoms with Crippen LogP contribution in [0.4, 0.5) is 5.69 Å². The number of nitrogens with zero attached hydrogens (tertiary/aromatic N) is 2. The van der Waals surface area contributed by atoms with Crippen molar-refractivity contribution in [1.29, 1.82) is 0 Å². The highest BCUT2D eigenvalue weighted by Crippen LogP contribution is 2.21. The number of anilines is 1. The number of amides is 1. The summed E-state index contributed by atoms with van der Waals surface area (Å²) in [6.07, 6.45) is 0. The van der Waals surface area contributed by atoms with E-state index in [1.165, 1.54) is 0 Å². The molecule has 2 rings (SSSR count). The van der Waals surface area contributed by atoms with Crippen LogP contribution in [0.25, 0.3) is 0 Å². The number of carbonyl (C=O) groups excluding carboxylic acids is 1. The van der Waals surface area contributed by atoms with Crippen LogP contribution in [-0.4, -0.2) is 27.1 Å². The molecule has 0 fully saturated rings. The summed E-state index contributed by atoms with van der Waals surface area (Å²) in [5, 5.41) is 21.5. The third kappa shape index (κ3) is 3.02. The number of nitrogens with one attached hydrogen (secondary N) is 2. The first-order chi connectivity index (χ1) is 10.0. The van der Waals surface area contributed by atoms with Gasteiger partial charge >= 0.3 is 0 Å². The van der Waals surface area contributed by atoms with Gasteiger partial charge < -0.3 is 16.3 Å². The maximum Gasteiger partial charge on any atom is 0.239 e. The minimum absolute atomic E-state index is 0.169. The Morgan fingerprint density at radius 3 is 2.57 bits per heavy atom. The van der Waals surface area contributed by atoms with Gasteiger partial charge in [-0.15, -0.1) is 0 Å². The van der Waals surface area contributed by atoms with E-state index in [2.05, 4.69) is 20.7 Å². The van der Waals surface area contributed by atoms with Crippen molar-refractivity contribution in [2.75, 3.05) is 5.32 Å². The van der Waals surface area contributed by atoms with Gasteiger partial charge in [-0.2, -0.15) is 5.10 Å². The van der Waals surface area contributed by atoms with Crippen LogP contribution in [0.5, 0.6) is 0 Å². The molecular weight excluding hydrogens is 270 g/mol. The Labute approximate surface area is 121 Å². The molecule has 7 nitrogen and oxygen atoms in total. The highest BCUT2D eigenvalue weighted by Gasteiger charge is 2.26. The van der Waals surface area contributed by atoms with Gasteiger partial charge in [0.05, 0.1) is 17.1 Å². The number of oxime groups is 1. The molecule has 0 spiro atoms. The summed E-state index contributed by atoms with van der Waals surface area (Å²) in [6, 6.07) is 8.90. The van der Waals surface area contributed by atoms with Gasteiger partial charge in [-0.1, -0.05) is 35.5 Å². The van der Waals surface area contributed by atoms with Crippen molar-refractivity contribution in [3.63, 3.8) is 0 Å². The Bertz CT molecular complexity index is 644. The Kier molecular flexibility index (Phi) is 4.22. The van der Waals surface area contributed by atoms with E-state index in [0.29, 0.717) is 16.9 Å². The summed E-state index contributed by atoms with van der Waals surface area (Å²) in [7, 11) is 0. The number of aryl methyl sites for hydroxylation is 2. The largest absolute Gasteiger partial charge is 0.409 e. The average Bonchev–Trinajstić information content (AvgIpc) is 2.80. The number of benzene rings is 1. The Balaban J connectivity index is 2.32. The lowest BCUT2D eigenvalue weighted by molar-refractivity contribution is -0.116. The molecule has 21 heavy (non-hydrogen) atoms. The molecule has 1 unspecified atom stereocenters. The van der Waals surface area contributed by atoms with Crippen molar-refractivity contribution >= 4 is 17.4 Å². The SMILES string of the molecule is Cc1n[nH]c(C)c1NC(=O)C(C(N)=NO)c1ccccc1. The molecule has 5 N–H and O–H groups in total. The number of aromatic nitrogens is 2. The van der Waals surface area contributed by atoms with Crippen LogP contribution in [-0.2, 0) is 4.79 Å². The van der Waals surface area contributed by atoms with Crippen molar-refractivity contribution in [3.05, 3.63) is 47.3 Å². The van der Waals surface area contributed by atoms with E-state index in [-0.39, 0.29) is 11.7 Å². The van der Waals surface area contributed by atoms with Crippen molar-refractivity contribution < 1.29 is 10.0 Å². The number of hydrogen-bond acceptors (Lipinski definition) is 4. The smallest absolute Gasteiger partial charge is 0.239 e. The van der Waals surface area contributed by atoms with Gasteiger partial charge in [0, 0.05) is 0 Å². The number of aromatic amines is 1. The van der Waals surface area contributed by atoms with Crippen molar-refractivity contribution in [3.8, 4) is 0 Å². The lowest BCUT2D eigenvalue weighted by Gasteiger charge is -2.16. The van der Waals surface area contributed by atoms with E-state index in [1.807, 2.05) is 6.07 Å². The van der Waals surface area contributed by atoms with Gasteiger partial charge in [0.1, 0.15) is 5.92 Å². The molecule has 1 amide bonds. The second kappa shape index (κ2) is 6.08. The maximum absolute atomic E-state index is 12.5. The van der Waals surface area contributed by atoms with Gasteiger partial charge in [0.2, 0.25) is 5.91 Å². The van der Waals surface area contributed by atoms with Gasteiger partial charge in [-0.3, -0.25) is 9.89 Å². The van der Waals surface area contributed by atoms with Crippen molar-refractivity contribution in [2.45, 2.75) is 19.8 Å². The van der Waals surface area contributed by atoms with Crippen LogP contribution < -0.4 is 11.1 Å². The summed E-state index contributed by atoms with van der Waals surface area (Å²) >= 11 is 0. The number of amidine groups is 1. The number of hydrogen-bond donors (Lipinski definition) is 4. The Morgan fingerprint density at radius 2 is 2.05 bits per heavy atom. The first-order valence-electron chi connectivity index (χ1n) is 6.39. The lowest BCUT2D eigenvalue weighted by atomic mass is 9.97. The number of H-pyrrole nitrogens is 1. The molecule has 1 heterocycles. The number of rotatable bonds is 4. The molecule has 1 aromatic heterocycles. The lowest BCUT2D eigenvalue weighted by Crippen LogP contribution is -2.33. The minimum Gasteiger partial charge on any atom is -0.409 e. The Hall–Kier alpha value is -2.83. The molecule has 0 saturated carbocycles. The van der Waals surface area contributed by atoms with Crippen LogP contribution >= 0.6 is 0 Å². The molecule has 0 bridgehead atoms. The van der Waals surface area contributed by atoms with Crippen LogP contribution in [0.1, 0.15) is 22.9 Å². The van der Waals surface area contributed by atoms with Crippen LogP contribution in [0.3, 0.4) is 0 Å². The zero-order valence-corrected chi connectivity index (χ0v) is 11.8. The fraction of sp³-hybridized carbons (Fsp3) is 0.214. The van der Waals surface area contributed by atoms with Gasteiger partial charge in [-0.25, -0.2) is 0 Å². The van der Waals surface area contributed by atoms with Gasteiger partial charge in [-0.05, 0) is 19.4 Å². The summed E-state index contributed by atoms with van der Waals surface area (Å²) in [6.45, 7) is 3.58. The van der Waals surface area contributed by atoms with Crippen LogP contribution in [0.15, 0.2) is 35.5 Å². The third-order valence-electron chi connectivity index (χ3n) is 3.18. The highest BCUT2D eigenvalue weighted by molar-refractivity contribution is 6.12. The second-order valence-electron chi connectivity index (χ2n) is 4.67. The zero-order chi connectivity index (χ0) is 15.4. The van der Waals surface area contributed by atoms with Crippen LogP contribution in [0.2, 0.25) is 0 Å². The normalized spacial score (nSPS) is 13.0. The fourth-order valence-corrected chi connectivity index (χ4v) is 2.09. The fourth-order valence-electron chi connectivity index (χ4n) is 2.09. The second-order valence-corrected chi connectivity index (χ2v) is 4.67. The standard InChI is InChI=1S/C14H17N5O2/c1-8-12(9(2)18-17-8)16-14(20)11(13(15)19-21)10-6-4-3-5-7-10/h3-7,11,21H,1-2H3,(H2,15,19)(H,16,20)(H,17,18). The predicted octanol–water partition coefficient (Wildman–Crippen LogP) is 1.50.